The Kier molecular flexibility index (Phi) is 69.9. The second-order valence-electron chi connectivity index (χ2n) is 2.17. The molecule has 3 nitrogen and oxygen atoms in total. The Balaban J connectivity index is -0.0000000450. The van der Waals surface area contributed by atoms with Crippen LogP contribution in [0.3, 0.4) is 0 Å². The van der Waals surface area contributed by atoms with Gasteiger partial charge in [-0.25, -0.2) is 0 Å². The van der Waals surface area contributed by atoms with Gasteiger partial charge in [-0.15, -0.1) is 0 Å². The van der Waals surface area contributed by atoms with E-state index < -0.39 is 0 Å². The molecule has 0 saturated carbocycles. The molecule has 0 saturated heterocycles. The number of hydrogen-bond acceptors (Lipinski definition) is 3. The molecule has 0 rings (SSSR count). The molecule has 0 aromatic carbocycles. The summed E-state index contributed by atoms with van der Waals surface area (Å²) < 4.78 is 0. The summed E-state index contributed by atoms with van der Waals surface area (Å²) in [6.45, 7) is 6.75. The zero-order chi connectivity index (χ0) is 10.2. The maximum Gasteiger partial charge on any atom is 0.0428 e. The molecule has 0 heterocycles. The topological polar surface area (TPSA) is 60.7 Å². The third-order valence-corrected chi connectivity index (χ3v) is 0.671. The van der Waals surface area contributed by atoms with Crippen molar-refractivity contribution >= 4 is 0 Å². The average molecular weight is 225 g/mol. The van der Waals surface area contributed by atoms with Gasteiger partial charge < -0.3 is 15.3 Å². The van der Waals surface area contributed by atoms with Gasteiger partial charge in [-0.05, 0) is 19.3 Å². The number of aliphatic hydroxyl groups is 3. The first-order valence-corrected chi connectivity index (χ1v) is 4.57. The minimum atomic E-state index is 0. The molecule has 1 radical (unpaired) electrons. The van der Waals surface area contributed by atoms with Crippen LogP contribution in [-0.4, -0.2) is 35.1 Å². The molecule has 4 heteroatoms. The van der Waals surface area contributed by atoms with Gasteiger partial charge in [0.1, 0.15) is 0 Å². The van der Waals surface area contributed by atoms with Crippen molar-refractivity contribution in [3.05, 3.63) is 0 Å². The molecule has 0 atom stereocenters. The van der Waals surface area contributed by atoms with Gasteiger partial charge in [0, 0.05) is 45.7 Å². The molecule has 0 aliphatic heterocycles. The molecule has 0 aliphatic rings. The van der Waals surface area contributed by atoms with E-state index in [1.807, 2.05) is 20.8 Å². The quantitative estimate of drug-likeness (QED) is 0.675. The van der Waals surface area contributed by atoms with Crippen LogP contribution in [-0.2, 0) is 25.8 Å². The molecule has 0 aromatic rings. The van der Waals surface area contributed by atoms with E-state index in [9.17, 15) is 0 Å². The fourth-order valence-electron chi connectivity index (χ4n) is 0. The Morgan fingerprint density at radius 2 is 0.692 bits per heavy atom. The van der Waals surface area contributed by atoms with Gasteiger partial charge >= 0.3 is 0 Å². The van der Waals surface area contributed by atoms with Crippen molar-refractivity contribution in [1.29, 1.82) is 0 Å². The summed E-state index contributed by atoms with van der Waals surface area (Å²) >= 11 is 0. The third kappa shape index (κ3) is 105. The van der Waals surface area contributed by atoms with E-state index in [4.69, 9.17) is 15.3 Å². The van der Waals surface area contributed by atoms with Crippen LogP contribution in [0.2, 0.25) is 0 Å². The second kappa shape index (κ2) is 38.6. The van der Waals surface area contributed by atoms with Crippen molar-refractivity contribution in [3.8, 4) is 0 Å². The van der Waals surface area contributed by atoms with Gasteiger partial charge in [-0.1, -0.05) is 20.8 Å². The maximum absolute atomic E-state index is 7.88. The molecule has 0 aromatic heterocycles. The van der Waals surface area contributed by atoms with E-state index >= 15 is 0 Å². The van der Waals surface area contributed by atoms with Crippen LogP contribution in [0.4, 0.5) is 0 Å². The van der Waals surface area contributed by atoms with E-state index in [0.29, 0.717) is 19.8 Å². The van der Waals surface area contributed by atoms with Crippen LogP contribution in [0.15, 0.2) is 0 Å². The van der Waals surface area contributed by atoms with Gasteiger partial charge in [-0.2, -0.15) is 0 Å². The smallest absolute Gasteiger partial charge is 0.0428 e. The van der Waals surface area contributed by atoms with E-state index in [-0.39, 0.29) is 25.8 Å². The molecule has 0 amide bonds. The SMILES string of the molecule is CCCO.CCCO.CCCO.[Sc]. The summed E-state index contributed by atoms with van der Waals surface area (Å²) in [7, 11) is 0. The summed E-state index contributed by atoms with van der Waals surface area (Å²) in [5.74, 6) is 0. The van der Waals surface area contributed by atoms with Crippen molar-refractivity contribution in [1.82, 2.24) is 0 Å². The summed E-state index contributed by atoms with van der Waals surface area (Å²) in [5, 5.41) is 23.6. The zero-order valence-corrected chi connectivity index (χ0v) is 11.0. The van der Waals surface area contributed by atoms with Gasteiger partial charge in [0.05, 0.1) is 0 Å². The Hall–Kier alpha value is 0.750. The number of hydrogen-bond donors (Lipinski definition) is 3. The average Bonchev–Trinajstić information content (AvgIpc) is 2.18. The fourth-order valence-corrected chi connectivity index (χ4v) is 0. The van der Waals surface area contributed by atoms with E-state index in [2.05, 4.69) is 0 Å². The third-order valence-electron chi connectivity index (χ3n) is 0.671. The molecule has 81 valence electrons. The fraction of sp³-hybridized carbons (Fsp3) is 1.00. The van der Waals surface area contributed by atoms with E-state index in [1.165, 1.54) is 0 Å². The molecule has 0 unspecified atom stereocenters. The molecule has 0 fully saturated rings. The Labute approximate surface area is 101 Å². The van der Waals surface area contributed by atoms with Crippen LogP contribution < -0.4 is 0 Å². The summed E-state index contributed by atoms with van der Waals surface area (Å²) in [6.07, 6.45) is 2.62. The standard InChI is InChI=1S/3C3H8O.Sc/c3*1-2-3-4;/h3*4H,2-3H2,1H3;. The molecule has 0 aliphatic carbocycles. The van der Waals surface area contributed by atoms with Crippen LogP contribution >= 0.6 is 0 Å². The van der Waals surface area contributed by atoms with Crippen LogP contribution in [0.1, 0.15) is 40.0 Å². The van der Waals surface area contributed by atoms with Crippen molar-refractivity contribution in [2.75, 3.05) is 19.8 Å². The van der Waals surface area contributed by atoms with Gasteiger partial charge in [0.25, 0.3) is 0 Å². The van der Waals surface area contributed by atoms with Crippen LogP contribution in [0, 0.1) is 0 Å². The van der Waals surface area contributed by atoms with Crippen LogP contribution in [0.25, 0.3) is 0 Å². The Bertz CT molecular complexity index is 30.3. The minimum Gasteiger partial charge on any atom is -0.396 e. The number of aliphatic hydroxyl groups excluding tert-OH is 3. The van der Waals surface area contributed by atoms with Crippen molar-refractivity contribution in [3.63, 3.8) is 0 Å². The van der Waals surface area contributed by atoms with Gasteiger partial charge in [0.2, 0.25) is 0 Å². The second-order valence-corrected chi connectivity index (χ2v) is 2.17. The first-order chi connectivity index (χ1) is 5.74. The van der Waals surface area contributed by atoms with Gasteiger partial charge in [-0.3, -0.25) is 0 Å². The van der Waals surface area contributed by atoms with Crippen molar-refractivity contribution in [2.24, 2.45) is 0 Å². The zero-order valence-electron chi connectivity index (χ0n) is 9.16. The first kappa shape index (κ1) is 23.5. The Morgan fingerprint density at radius 1 is 0.615 bits per heavy atom. The maximum atomic E-state index is 7.88. The van der Waals surface area contributed by atoms with E-state index in [0.717, 1.165) is 19.3 Å². The minimum absolute atomic E-state index is 0. The monoisotopic (exact) mass is 225 g/mol. The van der Waals surface area contributed by atoms with Crippen LogP contribution in [0.5, 0.6) is 0 Å². The van der Waals surface area contributed by atoms with E-state index in [1.54, 1.807) is 0 Å². The van der Waals surface area contributed by atoms with Crippen molar-refractivity contribution in [2.45, 2.75) is 40.0 Å². The normalized spacial score (nSPS) is 6.92. The molecule has 3 N–H and O–H groups in total. The predicted octanol–water partition coefficient (Wildman–Crippen LogP) is 1.16. The molecule has 0 bridgehead atoms. The van der Waals surface area contributed by atoms with Crippen molar-refractivity contribution < 1.29 is 41.2 Å². The largest absolute Gasteiger partial charge is 0.396 e. The first-order valence-electron chi connectivity index (χ1n) is 4.57. The summed E-state index contributed by atoms with van der Waals surface area (Å²) in [5.41, 5.74) is 0. The molecule has 13 heavy (non-hydrogen) atoms. The van der Waals surface area contributed by atoms with Gasteiger partial charge in [0.15, 0.2) is 0 Å². The molecular weight excluding hydrogens is 201 g/mol. The number of rotatable bonds is 3. The summed E-state index contributed by atoms with van der Waals surface area (Å²) in [4.78, 5) is 0. The molecular formula is C9H24O3Sc. The predicted molar refractivity (Wildman–Crippen MR) is 52.1 cm³/mol. The Morgan fingerprint density at radius 3 is 0.692 bits per heavy atom. The summed E-state index contributed by atoms with van der Waals surface area (Å²) in [6, 6.07) is 0. The molecule has 0 spiro atoms.